The van der Waals surface area contributed by atoms with Gasteiger partial charge in [0.2, 0.25) is 5.91 Å². The molecule has 0 heterocycles. The Balaban J connectivity index is 3.06. The summed E-state index contributed by atoms with van der Waals surface area (Å²) in [6.07, 6.45) is 0. The molecule has 0 bridgehead atoms. The van der Waals surface area contributed by atoms with E-state index in [1.165, 1.54) is 24.3 Å². The van der Waals surface area contributed by atoms with Crippen LogP contribution in [-0.2, 0) is 14.8 Å². The molecule has 1 rings (SSSR count). The van der Waals surface area contributed by atoms with Crippen LogP contribution in [-0.4, -0.2) is 19.5 Å². The van der Waals surface area contributed by atoms with Crippen LogP contribution in [0, 0.1) is 0 Å². The minimum Gasteiger partial charge on any atom is -0.274 e. The first kappa shape index (κ1) is 12.5. The van der Waals surface area contributed by atoms with Crippen molar-refractivity contribution in [1.29, 1.82) is 0 Å². The third kappa shape index (κ3) is 3.23. The number of rotatable bonds is 3. The molecule has 0 spiro atoms. The summed E-state index contributed by atoms with van der Waals surface area (Å²) in [5, 5.41) is 2.16. The fourth-order valence-electron chi connectivity index (χ4n) is 1.00. The van der Waals surface area contributed by atoms with E-state index < -0.39 is 15.9 Å². The monoisotopic (exact) mass is 256 g/mol. The van der Waals surface area contributed by atoms with E-state index in [0.717, 1.165) is 6.92 Å². The number of carbonyl (C=O) groups is 1. The minimum atomic E-state index is -3.78. The number of nitrogens with one attached hydrogen (secondary N) is 1. The Morgan fingerprint density at radius 3 is 2.38 bits per heavy atom. The average molecular weight is 256 g/mol. The van der Waals surface area contributed by atoms with Gasteiger partial charge in [-0.25, -0.2) is 13.1 Å². The molecule has 1 aromatic rings. The maximum Gasteiger partial charge on any atom is 0.264 e. The number of carbonyl (C=O) groups excluding carboxylic acids is 1. The summed E-state index contributed by atoms with van der Waals surface area (Å²) in [6.45, 7) is 1.13. The Bertz CT molecular complexity index is 543. The van der Waals surface area contributed by atoms with Crippen molar-refractivity contribution in [1.82, 2.24) is 4.72 Å². The molecule has 0 fully saturated rings. The molecule has 0 aliphatic heterocycles. The van der Waals surface area contributed by atoms with Crippen molar-refractivity contribution in [2.24, 2.45) is 4.99 Å². The lowest BCUT2D eigenvalue weighted by Crippen LogP contribution is -2.28. The molecular formula is C9H8N2O3S2. The molecule has 1 aromatic carbocycles. The van der Waals surface area contributed by atoms with Gasteiger partial charge in [0.15, 0.2) is 0 Å². The molecule has 1 N–H and O–H groups in total. The number of aliphatic imine (C=N–C) groups is 1. The summed E-state index contributed by atoms with van der Waals surface area (Å²) in [4.78, 5) is 14.3. The highest BCUT2D eigenvalue weighted by molar-refractivity contribution is 7.90. The van der Waals surface area contributed by atoms with Crippen molar-refractivity contribution in [2.45, 2.75) is 11.8 Å². The summed E-state index contributed by atoms with van der Waals surface area (Å²) in [6, 6.07) is 5.59. The van der Waals surface area contributed by atoms with Crippen molar-refractivity contribution in [3.63, 3.8) is 0 Å². The van der Waals surface area contributed by atoms with E-state index in [1.807, 2.05) is 4.72 Å². The van der Waals surface area contributed by atoms with E-state index in [1.54, 1.807) is 0 Å². The Hall–Kier alpha value is -1.56. The van der Waals surface area contributed by atoms with Crippen molar-refractivity contribution in [3.8, 4) is 0 Å². The zero-order valence-electron chi connectivity index (χ0n) is 8.30. The van der Waals surface area contributed by atoms with E-state index in [2.05, 4.69) is 22.4 Å². The molecule has 7 heteroatoms. The second-order valence-corrected chi connectivity index (χ2v) is 4.72. The highest BCUT2D eigenvalue weighted by Crippen LogP contribution is 2.15. The fourth-order valence-corrected chi connectivity index (χ4v) is 2.10. The Morgan fingerprint density at radius 1 is 1.38 bits per heavy atom. The Labute approximate surface area is 98.3 Å². The van der Waals surface area contributed by atoms with Gasteiger partial charge in [0.05, 0.1) is 15.7 Å². The topological polar surface area (TPSA) is 75.6 Å². The van der Waals surface area contributed by atoms with Crippen LogP contribution in [0.15, 0.2) is 34.2 Å². The highest BCUT2D eigenvalue weighted by atomic mass is 32.2. The second-order valence-electron chi connectivity index (χ2n) is 2.86. The standard InChI is InChI=1S/C9H8N2O3S2/c1-7(12)11-16(13,14)9-4-2-8(3-5-9)10-6-15/h2-5H,1H3,(H,11,12). The fraction of sp³-hybridized carbons (Fsp3) is 0.111. The van der Waals surface area contributed by atoms with Crippen LogP contribution >= 0.6 is 12.2 Å². The molecule has 0 radical (unpaired) electrons. The van der Waals surface area contributed by atoms with E-state index >= 15 is 0 Å². The number of benzene rings is 1. The van der Waals surface area contributed by atoms with Crippen LogP contribution in [0.4, 0.5) is 5.69 Å². The molecule has 5 nitrogen and oxygen atoms in total. The van der Waals surface area contributed by atoms with Crippen molar-refractivity contribution in [3.05, 3.63) is 24.3 Å². The summed E-state index contributed by atoms with van der Waals surface area (Å²) in [5.41, 5.74) is 0.497. The Morgan fingerprint density at radius 2 is 1.94 bits per heavy atom. The van der Waals surface area contributed by atoms with Crippen molar-refractivity contribution < 1.29 is 13.2 Å². The van der Waals surface area contributed by atoms with Crippen molar-refractivity contribution >= 4 is 39.0 Å². The zero-order chi connectivity index (χ0) is 12.2. The van der Waals surface area contributed by atoms with Crippen LogP contribution in [0.25, 0.3) is 0 Å². The number of hydrogen-bond donors (Lipinski definition) is 1. The second kappa shape index (κ2) is 4.98. The van der Waals surface area contributed by atoms with Gasteiger partial charge in [0.25, 0.3) is 10.0 Å². The summed E-state index contributed by atoms with van der Waals surface area (Å²) in [5.74, 6) is -0.638. The third-order valence-electron chi connectivity index (χ3n) is 1.60. The number of amides is 1. The van der Waals surface area contributed by atoms with E-state index in [9.17, 15) is 13.2 Å². The molecule has 1 amide bonds. The molecule has 0 saturated carbocycles. The van der Waals surface area contributed by atoms with E-state index in [0.29, 0.717) is 5.69 Å². The summed E-state index contributed by atoms with van der Waals surface area (Å²) >= 11 is 4.41. The first-order valence-electron chi connectivity index (χ1n) is 4.17. The van der Waals surface area contributed by atoms with Crippen LogP contribution in [0.2, 0.25) is 0 Å². The van der Waals surface area contributed by atoms with Gasteiger partial charge in [-0.3, -0.25) is 4.79 Å². The molecule has 0 atom stereocenters. The smallest absolute Gasteiger partial charge is 0.264 e. The maximum atomic E-state index is 11.5. The van der Waals surface area contributed by atoms with Gasteiger partial charge in [0.1, 0.15) is 0 Å². The Kier molecular flexibility index (Phi) is 3.89. The zero-order valence-corrected chi connectivity index (χ0v) is 9.93. The molecular weight excluding hydrogens is 248 g/mol. The number of hydrogen-bond acceptors (Lipinski definition) is 5. The van der Waals surface area contributed by atoms with Crippen LogP contribution in [0.3, 0.4) is 0 Å². The van der Waals surface area contributed by atoms with Crippen LogP contribution < -0.4 is 4.72 Å². The molecule has 16 heavy (non-hydrogen) atoms. The minimum absolute atomic E-state index is 0.00832. The number of isothiocyanates is 1. The first-order valence-corrected chi connectivity index (χ1v) is 6.06. The first-order chi connectivity index (χ1) is 7.45. The van der Waals surface area contributed by atoms with Gasteiger partial charge < -0.3 is 0 Å². The molecule has 0 unspecified atom stereocenters. The molecule has 0 aliphatic rings. The predicted octanol–water partition coefficient (Wildman–Crippen LogP) is 1.25. The van der Waals surface area contributed by atoms with E-state index in [-0.39, 0.29) is 4.90 Å². The lowest BCUT2D eigenvalue weighted by atomic mass is 10.3. The predicted molar refractivity (Wildman–Crippen MR) is 62.1 cm³/mol. The van der Waals surface area contributed by atoms with Gasteiger partial charge in [-0.05, 0) is 36.5 Å². The van der Waals surface area contributed by atoms with Gasteiger partial charge in [-0.2, -0.15) is 4.99 Å². The van der Waals surface area contributed by atoms with Gasteiger partial charge in [0, 0.05) is 6.92 Å². The number of nitrogens with zero attached hydrogens (tertiary/aromatic N) is 1. The molecule has 0 aromatic heterocycles. The van der Waals surface area contributed by atoms with Crippen LogP contribution in [0.1, 0.15) is 6.92 Å². The lowest BCUT2D eigenvalue weighted by Gasteiger charge is -2.03. The summed E-state index contributed by atoms with van der Waals surface area (Å²) < 4.78 is 24.9. The van der Waals surface area contributed by atoms with Gasteiger partial charge in [-0.15, -0.1) is 0 Å². The van der Waals surface area contributed by atoms with Gasteiger partial charge >= 0.3 is 0 Å². The van der Waals surface area contributed by atoms with E-state index in [4.69, 9.17) is 0 Å². The number of sulfonamides is 1. The van der Waals surface area contributed by atoms with Crippen LogP contribution in [0.5, 0.6) is 0 Å². The normalized spacial score (nSPS) is 10.3. The maximum absolute atomic E-state index is 11.5. The molecule has 84 valence electrons. The third-order valence-corrected chi connectivity index (χ3v) is 3.14. The summed E-state index contributed by atoms with van der Waals surface area (Å²) in [7, 11) is -3.78. The average Bonchev–Trinajstić information content (AvgIpc) is 2.17. The molecule has 0 saturated heterocycles. The lowest BCUT2D eigenvalue weighted by molar-refractivity contribution is -0.117. The SMILES string of the molecule is CC(=O)NS(=O)(=O)c1ccc(N=C=S)cc1. The highest BCUT2D eigenvalue weighted by Gasteiger charge is 2.14. The largest absolute Gasteiger partial charge is 0.274 e. The van der Waals surface area contributed by atoms with Gasteiger partial charge in [-0.1, -0.05) is 0 Å². The number of thiocarbonyl (C=S) groups is 1. The quantitative estimate of drug-likeness (QED) is 0.652. The molecule has 0 aliphatic carbocycles. The van der Waals surface area contributed by atoms with Crippen molar-refractivity contribution in [2.75, 3.05) is 0 Å².